The van der Waals surface area contributed by atoms with Crippen LogP contribution in [0.5, 0.6) is 0 Å². The lowest BCUT2D eigenvalue weighted by atomic mass is 9.85. The van der Waals surface area contributed by atoms with E-state index < -0.39 is 9.84 Å². The molecule has 1 aliphatic heterocycles. The number of rotatable bonds is 6. The van der Waals surface area contributed by atoms with Crippen LogP contribution in [0.25, 0.3) is 0 Å². The molecule has 0 unspecified atom stereocenters. The zero-order chi connectivity index (χ0) is 19.3. The van der Waals surface area contributed by atoms with Gasteiger partial charge in [0, 0.05) is 42.7 Å². The molecular formula is C18H28N4O4S. The van der Waals surface area contributed by atoms with Crippen molar-refractivity contribution in [2.75, 3.05) is 18.1 Å². The molecule has 1 aromatic rings. The average molecular weight is 397 g/mol. The van der Waals surface area contributed by atoms with Crippen molar-refractivity contribution >= 4 is 21.7 Å². The van der Waals surface area contributed by atoms with Crippen LogP contribution >= 0.6 is 0 Å². The summed E-state index contributed by atoms with van der Waals surface area (Å²) in [5.74, 6) is 0.0681. The van der Waals surface area contributed by atoms with E-state index in [9.17, 15) is 18.0 Å². The first kappa shape index (κ1) is 19.9. The number of aromatic amines is 1. The Morgan fingerprint density at radius 3 is 2.33 bits per heavy atom. The molecule has 1 aromatic heterocycles. The molecule has 2 fully saturated rings. The van der Waals surface area contributed by atoms with E-state index >= 15 is 0 Å². The molecule has 2 aliphatic rings. The van der Waals surface area contributed by atoms with E-state index in [4.69, 9.17) is 0 Å². The molecule has 0 radical (unpaired) electrons. The minimum Gasteiger partial charge on any atom is -0.355 e. The van der Waals surface area contributed by atoms with Crippen molar-refractivity contribution in [3.63, 3.8) is 0 Å². The van der Waals surface area contributed by atoms with Crippen molar-refractivity contribution in [3.05, 3.63) is 18.0 Å². The number of sulfone groups is 1. The average Bonchev–Trinajstić information content (AvgIpc) is 3.15. The molecule has 1 aliphatic carbocycles. The Kier molecular flexibility index (Phi) is 6.51. The summed E-state index contributed by atoms with van der Waals surface area (Å²) in [6, 6.07) is 1.98. The van der Waals surface area contributed by atoms with Crippen molar-refractivity contribution in [1.29, 1.82) is 0 Å². The quantitative estimate of drug-likeness (QED) is 0.649. The van der Waals surface area contributed by atoms with E-state index in [1.807, 2.05) is 6.07 Å². The summed E-state index contributed by atoms with van der Waals surface area (Å²) in [6.07, 6.45) is 6.36. The summed E-state index contributed by atoms with van der Waals surface area (Å²) < 4.78 is 23.0. The molecule has 0 aromatic carbocycles. The summed E-state index contributed by atoms with van der Waals surface area (Å²) in [7, 11) is -2.95. The number of carbonyl (C=O) groups excluding carboxylic acids is 2. The van der Waals surface area contributed by atoms with Gasteiger partial charge in [0.05, 0.1) is 11.5 Å². The Hall–Kier alpha value is -1.90. The number of nitrogens with zero attached hydrogens (tertiary/aromatic N) is 1. The van der Waals surface area contributed by atoms with Crippen molar-refractivity contribution in [1.82, 2.24) is 20.8 Å². The first-order chi connectivity index (χ1) is 12.9. The van der Waals surface area contributed by atoms with Gasteiger partial charge in [-0.1, -0.05) is 0 Å². The number of hydrogen-bond acceptors (Lipinski definition) is 5. The Morgan fingerprint density at radius 2 is 1.70 bits per heavy atom. The van der Waals surface area contributed by atoms with Gasteiger partial charge in [0.1, 0.15) is 9.84 Å². The standard InChI is InChI=1S/C18H28N4O4S/c23-17(19-9-5-16-6-10-20-22-16)13-1-3-15(4-2-13)21-18(24)14-7-11-27(25,26)12-8-14/h6,10,13-15H,1-5,7-9,11-12H2,(H,19,23)(H,20,22)(H,21,24). The second-order valence-corrected chi connectivity index (χ2v) is 9.91. The fourth-order valence-electron chi connectivity index (χ4n) is 3.86. The molecule has 0 bridgehead atoms. The third kappa shape index (κ3) is 5.79. The highest BCUT2D eigenvalue weighted by Crippen LogP contribution is 2.26. The summed E-state index contributed by atoms with van der Waals surface area (Å²) in [5.41, 5.74) is 0.997. The van der Waals surface area contributed by atoms with Crippen LogP contribution in [0.1, 0.15) is 44.2 Å². The van der Waals surface area contributed by atoms with E-state index in [2.05, 4.69) is 20.8 Å². The Balaban J connectivity index is 1.34. The number of hydrogen-bond donors (Lipinski definition) is 3. The van der Waals surface area contributed by atoms with Crippen molar-refractivity contribution in [3.8, 4) is 0 Å². The molecule has 0 atom stereocenters. The number of aromatic nitrogens is 2. The third-order valence-electron chi connectivity index (χ3n) is 5.62. The summed E-state index contributed by atoms with van der Waals surface area (Å²) in [5, 5.41) is 12.8. The van der Waals surface area contributed by atoms with Crippen LogP contribution in [0.2, 0.25) is 0 Å². The topological polar surface area (TPSA) is 121 Å². The van der Waals surface area contributed by atoms with Gasteiger partial charge < -0.3 is 10.6 Å². The number of carbonyl (C=O) groups is 2. The molecule has 0 spiro atoms. The first-order valence-corrected chi connectivity index (χ1v) is 11.5. The fraction of sp³-hybridized carbons (Fsp3) is 0.722. The van der Waals surface area contributed by atoms with Gasteiger partial charge in [-0.25, -0.2) is 8.42 Å². The monoisotopic (exact) mass is 396 g/mol. The Labute approximate surface area is 159 Å². The van der Waals surface area contributed by atoms with Gasteiger partial charge in [-0.15, -0.1) is 0 Å². The van der Waals surface area contributed by atoms with E-state index in [-0.39, 0.29) is 41.2 Å². The lowest BCUT2D eigenvalue weighted by Crippen LogP contribution is -2.44. The van der Waals surface area contributed by atoms with Gasteiger partial charge in [0.25, 0.3) is 0 Å². The molecule has 27 heavy (non-hydrogen) atoms. The molecule has 150 valence electrons. The number of nitrogens with one attached hydrogen (secondary N) is 3. The molecule has 9 heteroatoms. The van der Waals surface area contributed by atoms with Gasteiger partial charge in [-0.3, -0.25) is 14.7 Å². The number of H-pyrrole nitrogens is 1. The van der Waals surface area contributed by atoms with Crippen molar-refractivity contribution < 1.29 is 18.0 Å². The van der Waals surface area contributed by atoms with Gasteiger partial charge in [-0.2, -0.15) is 5.10 Å². The van der Waals surface area contributed by atoms with E-state index in [0.29, 0.717) is 19.4 Å². The minimum absolute atomic E-state index is 0.000239. The smallest absolute Gasteiger partial charge is 0.223 e. The molecule has 8 nitrogen and oxygen atoms in total. The van der Waals surface area contributed by atoms with Crippen LogP contribution in [0, 0.1) is 11.8 Å². The Morgan fingerprint density at radius 1 is 1.04 bits per heavy atom. The second kappa shape index (κ2) is 8.86. The lowest BCUT2D eigenvalue weighted by molar-refractivity contribution is -0.127. The predicted molar refractivity (Wildman–Crippen MR) is 101 cm³/mol. The highest BCUT2D eigenvalue weighted by atomic mass is 32.2. The first-order valence-electron chi connectivity index (χ1n) is 9.70. The van der Waals surface area contributed by atoms with Crippen LogP contribution < -0.4 is 10.6 Å². The second-order valence-electron chi connectivity index (χ2n) is 7.61. The van der Waals surface area contributed by atoms with Crippen molar-refractivity contribution in [2.24, 2.45) is 11.8 Å². The third-order valence-corrected chi connectivity index (χ3v) is 7.34. The van der Waals surface area contributed by atoms with Crippen LogP contribution in [-0.4, -0.2) is 54.5 Å². The molecule has 2 amide bonds. The molecular weight excluding hydrogens is 368 g/mol. The highest BCUT2D eigenvalue weighted by molar-refractivity contribution is 7.91. The maximum atomic E-state index is 12.4. The van der Waals surface area contributed by atoms with Gasteiger partial charge in [0.15, 0.2) is 0 Å². The van der Waals surface area contributed by atoms with Crippen LogP contribution in [0.3, 0.4) is 0 Å². The molecule has 3 N–H and O–H groups in total. The van der Waals surface area contributed by atoms with Crippen LogP contribution in [0.4, 0.5) is 0 Å². The summed E-state index contributed by atoms with van der Waals surface area (Å²) in [6.45, 7) is 0.586. The molecule has 2 heterocycles. The van der Waals surface area contributed by atoms with Crippen LogP contribution in [0.15, 0.2) is 12.3 Å². The maximum absolute atomic E-state index is 12.4. The SMILES string of the molecule is O=C(NCCc1ccn[nH]1)C1CCC(NC(=O)C2CCS(=O)(=O)CC2)CC1. The molecule has 3 rings (SSSR count). The summed E-state index contributed by atoms with van der Waals surface area (Å²) in [4.78, 5) is 24.6. The van der Waals surface area contributed by atoms with Gasteiger partial charge in [0.2, 0.25) is 11.8 Å². The van der Waals surface area contributed by atoms with Gasteiger partial charge >= 0.3 is 0 Å². The Bertz CT molecular complexity index is 725. The maximum Gasteiger partial charge on any atom is 0.223 e. The normalized spacial score (nSPS) is 25.6. The largest absolute Gasteiger partial charge is 0.355 e. The van der Waals surface area contributed by atoms with Crippen molar-refractivity contribution in [2.45, 2.75) is 51.0 Å². The molecule has 1 saturated heterocycles. The van der Waals surface area contributed by atoms with E-state index in [1.165, 1.54) is 0 Å². The number of amides is 2. The zero-order valence-corrected chi connectivity index (χ0v) is 16.3. The summed E-state index contributed by atoms with van der Waals surface area (Å²) >= 11 is 0. The fourth-order valence-corrected chi connectivity index (χ4v) is 5.35. The van der Waals surface area contributed by atoms with E-state index in [0.717, 1.165) is 37.8 Å². The predicted octanol–water partition coefficient (Wildman–Crippen LogP) is 0.568. The van der Waals surface area contributed by atoms with Gasteiger partial charge in [-0.05, 0) is 44.6 Å². The molecule has 1 saturated carbocycles. The zero-order valence-electron chi connectivity index (χ0n) is 15.4. The van der Waals surface area contributed by atoms with Crippen LogP contribution in [-0.2, 0) is 25.8 Å². The highest BCUT2D eigenvalue weighted by Gasteiger charge is 2.31. The van der Waals surface area contributed by atoms with E-state index in [1.54, 1.807) is 6.20 Å². The minimum atomic E-state index is -2.95. The lowest BCUT2D eigenvalue weighted by Gasteiger charge is -2.30.